The van der Waals surface area contributed by atoms with E-state index < -0.39 is 0 Å². The van der Waals surface area contributed by atoms with Gasteiger partial charge < -0.3 is 10.2 Å². The van der Waals surface area contributed by atoms with E-state index in [1.807, 2.05) is 12.1 Å². The average molecular weight is 408 g/mol. The summed E-state index contributed by atoms with van der Waals surface area (Å²) in [6.07, 6.45) is 13.2. The van der Waals surface area contributed by atoms with Crippen LogP contribution in [0.5, 0.6) is 0 Å². The molecule has 158 valence electrons. The molecule has 4 rings (SSSR count). The number of allylic oxidation sites excluding steroid dienone is 1. The van der Waals surface area contributed by atoms with Gasteiger partial charge in [-0.3, -0.25) is 19.7 Å². The van der Waals surface area contributed by atoms with Gasteiger partial charge in [0.05, 0.1) is 11.6 Å². The van der Waals surface area contributed by atoms with E-state index in [1.54, 1.807) is 23.4 Å². The third-order valence-corrected chi connectivity index (χ3v) is 5.98. The molecular formula is C23H29N5O2. The van der Waals surface area contributed by atoms with Crippen molar-refractivity contribution in [2.45, 2.75) is 44.9 Å². The summed E-state index contributed by atoms with van der Waals surface area (Å²) in [4.78, 5) is 31.4. The molecule has 7 heteroatoms. The SMILES string of the molecule is O=C(NCCC1=CCCCC1)[C@@H]1CCCN(C(=O)c2cc(-c3cccnc3)n[nH]2)C1. The van der Waals surface area contributed by atoms with E-state index in [0.717, 1.165) is 31.2 Å². The Hall–Kier alpha value is -2.96. The Morgan fingerprint density at radius 2 is 2.20 bits per heavy atom. The number of pyridine rings is 1. The Kier molecular flexibility index (Phi) is 6.57. The summed E-state index contributed by atoms with van der Waals surface area (Å²) in [5.74, 6) is -0.198. The van der Waals surface area contributed by atoms with E-state index in [4.69, 9.17) is 0 Å². The normalized spacial score (nSPS) is 19.3. The predicted molar refractivity (Wildman–Crippen MR) is 115 cm³/mol. The van der Waals surface area contributed by atoms with Gasteiger partial charge in [0.25, 0.3) is 5.91 Å². The van der Waals surface area contributed by atoms with Crippen LogP contribution < -0.4 is 5.32 Å². The number of carbonyl (C=O) groups excluding carboxylic acids is 2. The van der Waals surface area contributed by atoms with Crippen molar-refractivity contribution in [2.24, 2.45) is 5.92 Å². The molecule has 2 aromatic heterocycles. The Labute approximate surface area is 177 Å². The van der Waals surface area contributed by atoms with E-state index in [0.29, 0.717) is 31.0 Å². The highest BCUT2D eigenvalue weighted by atomic mass is 16.2. The molecule has 7 nitrogen and oxygen atoms in total. The molecule has 0 saturated carbocycles. The largest absolute Gasteiger partial charge is 0.355 e. The first-order chi connectivity index (χ1) is 14.7. The van der Waals surface area contributed by atoms with E-state index in [2.05, 4.69) is 26.6 Å². The maximum atomic E-state index is 12.9. The summed E-state index contributed by atoms with van der Waals surface area (Å²) in [6.45, 7) is 1.80. The second kappa shape index (κ2) is 9.69. The standard InChI is InChI=1S/C23H29N5O2/c29-22(25-12-10-17-6-2-1-3-7-17)19-9-5-13-28(16-19)23(30)21-14-20(26-27-21)18-8-4-11-24-15-18/h4,6,8,11,14-15,19H,1-3,5,7,9-10,12-13,16H2,(H,25,29)(H,26,27)/t19-/m1/s1. The lowest BCUT2D eigenvalue weighted by Crippen LogP contribution is -2.45. The topological polar surface area (TPSA) is 91.0 Å². The lowest BCUT2D eigenvalue weighted by atomic mass is 9.95. The molecule has 1 aliphatic heterocycles. The van der Waals surface area contributed by atoms with E-state index >= 15 is 0 Å². The minimum absolute atomic E-state index is 0.0598. The fourth-order valence-electron chi connectivity index (χ4n) is 4.26. The maximum absolute atomic E-state index is 12.9. The van der Waals surface area contributed by atoms with E-state index in [1.165, 1.54) is 24.8 Å². The zero-order valence-corrected chi connectivity index (χ0v) is 17.3. The molecule has 1 atom stereocenters. The fraction of sp³-hybridized carbons (Fsp3) is 0.478. The van der Waals surface area contributed by atoms with Gasteiger partial charge in [-0.1, -0.05) is 11.6 Å². The summed E-state index contributed by atoms with van der Waals surface area (Å²) in [7, 11) is 0. The molecule has 2 aliphatic rings. The number of piperidine rings is 1. The molecular weight excluding hydrogens is 378 g/mol. The Morgan fingerprint density at radius 3 is 3.00 bits per heavy atom. The molecule has 0 bridgehead atoms. The van der Waals surface area contributed by atoms with Gasteiger partial charge in [-0.15, -0.1) is 0 Å². The minimum atomic E-state index is -0.149. The van der Waals surface area contributed by atoms with Gasteiger partial charge in [0.1, 0.15) is 5.69 Å². The maximum Gasteiger partial charge on any atom is 0.271 e. The second-order valence-corrected chi connectivity index (χ2v) is 8.15. The molecule has 0 unspecified atom stereocenters. The molecule has 2 amide bonds. The van der Waals surface area contributed by atoms with Crippen molar-refractivity contribution in [3.05, 3.63) is 47.9 Å². The van der Waals surface area contributed by atoms with Crippen LogP contribution in [0.1, 0.15) is 55.4 Å². The van der Waals surface area contributed by atoms with Gasteiger partial charge in [0.15, 0.2) is 0 Å². The molecule has 1 saturated heterocycles. The minimum Gasteiger partial charge on any atom is -0.355 e. The van der Waals surface area contributed by atoms with Crippen LogP contribution in [0.2, 0.25) is 0 Å². The monoisotopic (exact) mass is 407 g/mol. The smallest absolute Gasteiger partial charge is 0.271 e. The average Bonchev–Trinajstić information content (AvgIpc) is 3.30. The number of carbonyl (C=O) groups is 2. The van der Waals surface area contributed by atoms with Gasteiger partial charge in [-0.05, 0) is 63.1 Å². The summed E-state index contributed by atoms with van der Waals surface area (Å²) in [5, 5.41) is 10.2. The highest BCUT2D eigenvalue weighted by Gasteiger charge is 2.29. The molecule has 0 aromatic carbocycles. The predicted octanol–water partition coefficient (Wildman–Crippen LogP) is 3.33. The highest BCUT2D eigenvalue weighted by Crippen LogP contribution is 2.22. The van der Waals surface area contributed by atoms with Gasteiger partial charge in [-0.25, -0.2) is 0 Å². The van der Waals surface area contributed by atoms with Gasteiger partial charge >= 0.3 is 0 Å². The Morgan fingerprint density at radius 1 is 1.27 bits per heavy atom. The lowest BCUT2D eigenvalue weighted by molar-refractivity contribution is -0.126. The molecule has 1 fully saturated rings. The highest BCUT2D eigenvalue weighted by molar-refractivity contribution is 5.94. The first kappa shape index (κ1) is 20.3. The summed E-state index contributed by atoms with van der Waals surface area (Å²) < 4.78 is 0. The molecule has 2 N–H and O–H groups in total. The van der Waals surface area contributed by atoms with Crippen LogP contribution in [0.4, 0.5) is 0 Å². The number of hydrogen-bond acceptors (Lipinski definition) is 4. The first-order valence-corrected chi connectivity index (χ1v) is 10.9. The first-order valence-electron chi connectivity index (χ1n) is 10.9. The number of nitrogens with zero attached hydrogens (tertiary/aromatic N) is 3. The number of H-pyrrole nitrogens is 1. The number of rotatable bonds is 6. The molecule has 3 heterocycles. The van der Waals surface area contributed by atoms with Crippen molar-refractivity contribution < 1.29 is 9.59 Å². The van der Waals surface area contributed by atoms with E-state index in [-0.39, 0.29) is 17.7 Å². The molecule has 0 radical (unpaired) electrons. The van der Waals surface area contributed by atoms with Crippen LogP contribution in [0.3, 0.4) is 0 Å². The van der Waals surface area contributed by atoms with Crippen molar-refractivity contribution in [2.75, 3.05) is 19.6 Å². The number of nitrogens with one attached hydrogen (secondary N) is 2. The number of amides is 2. The second-order valence-electron chi connectivity index (χ2n) is 8.15. The number of likely N-dealkylation sites (tertiary alicyclic amines) is 1. The number of aromatic amines is 1. The Bertz CT molecular complexity index is 905. The third kappa shape index (κ3) is 4.96. The molecule has 2 aromatic rings. The zero-order valence-electron chi connectivity index (χ0n) is 17.3. The van der Waals surface area contributed by atoms with Crippen LogP contribution in [0, 0.1) is 5.92 Å². The Balaban J connectivity index is 1.31. The quantitative estimate of drug-likeness (QED) is 0.719. The number of aromatic nitrogens is 3. The van der Waals surface area contributed by atoms with Gasteiger partial charge in [0, 0.05) is 37.6 Å². The van der Waals surface area contributed by atoms with E-state index in [9.17, 15) is 9.59 Å². The van der Waals surface area contributed by atoms with Crippen LogP contribution in [-0.4, -0.2) is 51.5 Å². The molecule has 1 aliphatic carbocycles. The molecule has 30 heavy (non-hydrogen) atoms. The summed E-state index contributed by atoms with van der Waals surface area (Å²) in [6, 6.07) is 5.49. The van der Waals surface area contributed by atoms with Crippen molar-refractivity contribution >= 4 is 11.8 Å². The van der Waals surface area contributed by atoms with Crippen LogP contribution in [-0.2, 0) is 4.79 Å². The van der Waals surface area contributed by atoms with Crippen molar-refractivity contribution in [3.63, 3.8) is 0 Å². The summed E-state index contributed by atoms with van der Waals surface area (Å²) in [5.41, 5.74) is 3.45. The van der Waals surface area contributed by atoms with Crippen molar-refractivity contribution in [1.29, 1.82) is 0 Å². The fourth-order valence-corrected chi connectivity index (χ4v) is 4.26. The van der Waals surface area contributed by atoms with Crippen LogP contribution in [0.15, 0.2) is 42.2 Å². The van der Waals surface area contributed by atoms with Gasteiger partial charge in [-0.2, -0.15) is 5.10 Å². The van der Waals surface area contributed by atoms with Gasteiger partial charge in [0.2, 0.25) is 5.91 Å². The van der Waals surface area contributed by atoms with Crippen LogP contribution in [0.25, 0.3) is 11.3 Å². The zero-order chi connectivity index (χ0) is 20.8. The third-order valence-electron chi connectivity index (χ3n) is 5.98. The summed E-state index contributed by atoms with van der Waals surface area (Å²) >= 11 is 0. The molecule has 0 spiro atoms. The number of hydrogen-bond donors (Lipinski definition) is 2. The van der Waals surface area contributed by atoms with Crippen molar-refractivity contribution in [3.8, 4) is 11.3 Å². The van der Waals surface area contributed by atoms with Crippen LogP contribution >= 0.6 is 0 Å². The van der Waals surface area contributed by atoms with Crippen molar-refractivity contribution in [1.82, 2.24) is 25.4 Å². The lowest BCUT2D eigenvalue weighted by Gasteiger charge is -2.31.